The van der Waals surface area contributed by atoms with E-state index in [0.717, 1.165) is 6.07 Å². The van der Waals surface area contributed by atoms with E-state index in [1.807, 2.05) is 0 Å². The highest BCUT2D eigenvalue weighted by atomic mass is 79.9. The summed E-state index contributed by atoms with van der Waals surface area (Å²) in [6.07, 6.45) is -1.76. The number of alkyl halides is 3. The fourth-order valence-electron chi connectivity index (χ4n) is 1.18. The summed E-state index contributed by atoms with van der Waals surface area (Å²) in [4.78, 5) is 2.50. The zero-order valence-corrected chi connectivity index (χ0v) is 10.0. The van der Waals surface area contributed by atoms with Gasteiger partial charge in [-0.1, -0.05) is 39.3 Å². The van der Waals surface area contributed by atoms with Crippen molar-refractivity contribution in [3.05, 3.63) is 50.3 Å². The van der Waals surface area contributed by atoms with Crippen LogP contribution in [-0.4, -0.2) is 6.54 Å². The summed E-state index contributed by atoms with van der Waals surface area (Å²) >= 11 is 2.99. The smallest absolute Gasteiger partial charge is 0.166 e. The van der Waals surface area contributed by atoms with Gasteiger partial charge in [-0.25, -0.2) is 0 Å². The standard InChI is InChI=1S/C10H7BrF3N3/c11-8-4-3-7(2-1-5-16-17-15)9(6-8)10(12,13)14/h1-4,6H,5H2. The van der Waals surface area contributed by atoms with Crippen LogP contribution >= 0.6 is 15.9 Å². The summed E-state index contributed by atoms with van der Waals surface area (Å²) in [6.45, 7) is 0.0177. The van der Waals surface area contributed by atoms with Crippen LogP contribution in [0, 0.1) is 0 Å². The van der Waals surface area contributed by atoms with Gasteiger partial charge in [-0.05, 0) is 23.2 Å². The molecule has 0 radical (unpaired) electrons. The molecule has 0 atom stereocenters. The quantitative estimate of drug-likeness (QED) is 0.438. The van der Waals surface area contributed by atoms with Gasteiger partial charge in [0.2, 0.25) is 0 Å². The van der Waals surface area contributed by atoms with Crippen molar-refractivity contribution in [2.45, 2.75) is 6.18 Å². The van der Waals surface area contributed by atoms with Crippen molar-refractivity contribution in [3.8, 4) is 0 Å². The zero-order valence-electron chi connectivity index (χ0n) is 8.45. The minimum atomic E-state index is -4.41. The number of halogens is 4. The van der Waals surface area contributed by atoms with Crippen molar-refractivity contribution in [2.75, 3.05) is 6.54 Å². The maximum atomic E-state index is 12.7. The second-order valence-corrected chi connectivity index (χ2v) is 3.96. The van der Waals surface area contributed by atoms with Gasteiger partial charge in [-0.2, -0.15) is 13.2 Å². The Morgan fingerprint density at radius 2 is 2.12 bits per heavy atom. The Kier molecular flexibility index (Phi) is 4.60. The van der Waals surface area contributed by atoms with Gasteiger partial charge in [0.15, 0.2) is 0 Å². The first kappa shape index (κ1) is 13.6. The second-order valence-electron chi connectivity index (χ2n) is 3.05. The number of hydrogen-bond donors (Lipinski definition) is 0. The molecule has 90 valence electrons. The van der Waals surface area contributed by atoms with Crippen molar-refractivity contribution >= 4 is 22.0 Å². The molecule has 0 aliphatic rings. The molecular weight excluding hydrogens is 299 g/mol. The van der Waals surface area contributed by atoms with Gasteiger partial charge >= 0.3 is 6.18 Å². The van der Waals surface area contributed by atoms with Crippen LogP contribution < -0.4 is 0 Å². The molecule has 7 heteroatoms. The van der Waals surface area contributed by atoms with Gasteiger partial charge in [0.1, 0.15) is 0 Å². The number of rotatable bonds is 3. The molecule has 0 heterocycles. The summed E-state index contributed by atoms with van der Waals surface area (Å²) in [5, 5.41) is 3.20. The van der Waals surface area contributed by atoms with E-state index in [9.17, 15) is 13.2 Å². The fraction of sp³-hybridized carbons (Fsp3) is 0.200. The molecule has 3 nitrogen and oxygen atoms in total. The predicted molar refractivity (Wildman–Crippen MR) is 62.2 cm³/mol. The van der Waals surface area contributed by atoms with E-state index >= 15 is 0 Å². The Balaban J connectivity index is 3.07. The molecule has 0 aromatic heterocycles. The van der Waals surface area contributed by atoms with Crippen LogP contribution in [0.25, 0.3) is 16.5 Å². The third kappa shape index (κ3) is 4.13. The maximum absolute atomic E-state index is 12.7. The van der Waals surface area contributed by atoms with Crippen molar-refractivity contribution < 1.29 is 13.2 Å². The molecule has 0 bridgehead atoms. The molecule has 0 unspecified atom stereocenters. The number of nitrogens with zero attached hydrogens (tertiary/aromatic N) is 3. The summed E-state index contributed by atoms with van der Waals surface area (Å²) in [5.74, 6) is 0. The minimum absolute atomic E-state index is 0.0177. The van der Waals surface area contributed by atoms with Crippen LogP contribution in [-0.2, 0) is 6.18 Å². The predicted octanol–water partition coefficient (Wildman–Crippen LogP) is 4.79. The summed E-state index contributed by atoms with van der Waals surface area (Å²) in [5.41, 5.74) is 7.33. The lowest BCUT2D eigenvalue weighted by molar-refractivity contribution is -0.137. The molecule has 1 aromatic rings. The number of azide groups is 1. The number of hydrogen-bond acceptors (Lipinski definition) is 1. The van der Waals surface area contributed by atoms with Crippen LogP contribution in [0.3, 0.4) is 0 Å². The highest BCUT2D eigenvalue weighted by Crippen LogP contribution is 2.34. The molecular formula is C10H7BrF3N3. The summed E-state index contributed by atoms with van der Waals surface area (Å²) in [7, 11) is 0. The molecule has 0 spiro atoms. The zero-order chi connectivity index (χ0) is 12.9. The van der Waals surface area contributed by atoms with Crippen molar-refractivity contribution in [2.24, 2.45) is 5.11 Å². The van der Waals surface area contributed by atoms with Gasteiger partial charge in [-0.3, -0.25) is 0 Å². The molecule has 1 aromatic carbocycles. The highest BCUT2D eigenvalue weighted by molar-refractivity contribution is 9.10. The van der Waals surface area contributed by atoms with E-state index in [1.165, 1.54) is 24.3 Å². The van der Waals surface area contributed by atoms with E-state index < -0.39 is 11.7 Å². The first-order valence-corrected chi connectivity index (χ1v) is 5.28. The SMILES string of the molecule is [N-]=[N+]=NCC=Cc1ccc(Br)cc1C(F)(F)F. The normalized spacial score (nSPS) is 11.5. The van der Waals surface area contributed by atoms with E-state index in [1.54, 1.807) is 0 Å². The molecule has 0 saturated carbocycles. The Bertz CT molecular complexity index is 476. The van der Waals surface area contributed by atoms with Crippen LogP contribution in [0.2, 0.25) is 0 Å². The van der Waals surface area contributed by atoms with Crippen molar-refractivity contribution in [1.29, 1.82) is 0 Å². The van der Waals surface area contributed by atoms with Crippen LogP contribution in [0.5, 0.6) is 0 Å². The molecule has 0 fully saturated rings. The lowest BCUT2D eigenvalue weighted by Crippen LogP contribution is -2.07. The molecule has 0 aliphatic heterocycles. The van der Waals surface area contributed by atoms with Gasteiger partial charge < -0.3 is 0 Å². The first-order chi connectivity index (χ1) is 7.95. The van der Waals surface area contributed by atoms with Crippen LogP contribution in [0.15, 0.2) is 33.9 Å². The Labute approximate surface area is 104 Å². The number of benzene rings is 1. The molecule has 1 rings (SSSR count). The first-order valence-electron chi connectivity index (χ1n) is 4.49. The Hall–Kier alpha value is -1.46. The second kappa shape index (κ2) is 5.75. The van der Waals surface area contributed by atoms with Gasteiger partial charge in [-0.15, -0.1) is 0 Å². The average molecular weight is 306 g/mol. The molecule has 0 aliphatic carbocycles. The van der Waals surface area contributed by atoms with Gasteiger partial charge in [0.25, 0.3) is 0 Å². The summed E-state index contributed by atoms with van der Waals surface area (Å²) in [6, 6.07) is 3.87. The molecule has 0 amide bonds. The minimum Gasteiger partial charge on any atom is -0.166 e. The van der Waals surface area contributed by atoms with Crippen molar-refractivity contribution in [3.63, 3.8) is 0 Å². The largest absolute Gasteiger partial charge is 0.417 e. The van der Waals surface area contributed by atoms with Gasteiger partial charge in [0.05, 0.1) is 5.56 Å². The monoisotopic (exact) mass is 305 g/mol. The van der Waals surface area contributed by atoms with Gasteiger partial charge in [0, 0.05) is 15.9 Å². The van der Waals surface area contributed by atoms with E-state index in [4.69, 9.17) is 5.53 Å². The average Bonchev–Trinajstić information content (AvgIpc) is 2.25. The van der Waals surface area contributed by atoms with E-state index in [2.05, 4.69) is 26.0 Å². The maximum Gasteiger partial charge on any atom is 0.417 e. The lowest BCUT2D eigenvalue weighted by Gasteiger charge is -2.10. The van der Waals surface area contributed by atoms with E-state index in [-0.39, 0.29) is 12.1 Å². The summed E-state index contributed by atoms with van der Waals surface area (Å²) < 4.78 is 38.4. The third-order valence-corrected chi connectivity index (χ3v) is 2.36. The third-order valence-electron chi connectivity index (χ3n) is 1.87. The Morgan fingerprint density at radius 3 is 2.71 bits per heavy atom. The highest BCUT2D eigenvalue weighted by Gasteiger charge is 2.32. The topological polar surface area (TPSA) is 48.8 Å². The van der Waals surface area contributed by atoms with Crippen LogP contribution in [0.1, 0.15) is 11.1 Å². The molecule has 17 heavy (non-hydrogen) atoms. The molecule has 0 N–H and O–H groups in total. The Morgan fingerprint density at radius 1 is 1.41 bits per heavy atom. The van der Waals surface area contributed by atoms with Crippen LogP contribution in [0.4, 0.5) is 13.2 Å². The fourth-order valence-corrected chi connectivity index (χ4v) is 1.54. The van der Waals surface area contributed by atoms with Crippen molar-refractivity contribution in [1.82, 2.24) is 0 Å². The molecule has 0 saturated heterocycles. The lowest BCUT2D eigenvalue weighted by atomic mass is 10.1. The van der Waals surface area contributed by atoms with E-state index in [0.29, 0.717) is 4.47 Å².